The molecule has 16 heavy (non-hydrogen) atoms. The van der Waals surface area contributed by atoms with Crippen LogP contribution in [0.5, 0.6) is 0 Å². The van der Waals surface area contributed by atoms with E-state index < -0.39 is 0 Å². The van der Waals surface area contributed by atoms with Crippen molar-refractivity contribution in [1.82, 2.24) is 5.32 Å². The van der Waals surface area contributed by atoms with Crippen LogP contribution in [0.25, 0.3) is 0 Å². The molecule has 0 aromatic heterocycles. The number of rotatable bonds is 6. The largest absolute Gasteiger partial charge is 0.315 e. The first kappa shape index (κ1) is 13.2. The molecule has 1 heteroatoms. The van der Waals surface area contributed by atoms with E-state index in [0.717, 1.165) is 6.54 Å². The Hall–Kier alpha value is -0.820. The molecular formula is C15H25N. The molecule has 0 fully saturated rings. The second-order valence-electron chi connectivity index (χ2n) is 4.77. The number of hydrogen-bond donors (Lipinski definition) is 1. The zero-order valence-corrected chi connectivity index (χ0v) is 11.1. The monoisotopic (exact) mass is 219 g/mol. The summed E-state index contributed by atoms with van der Waals surface area (Å²) in [7, 11) is 0. The smallest absolute Gasteiger partial charge is 0.00387 e. The Bertz CT molecular complexity index is 317. The van der Waals surface area contributed by atoms with Crippen LogP contribution in [0.4, 0.5) is 0 Å². The summed E-state index contributed by atoms with van der Waals surface area (Å²) in [6, 6.07) is 7.47. The van der Waals surface area contributed by atoms with Gasteiger partial charge in [-0.05, 0) is 63.3 Å². The number of hydrogen-bond acceptors (Lipinski definition) is 1. The van der Waals surface area contributed by atoms with E-state index >= 15 is 0 Å². The molecule has 0 heterocycles. The molecule has 0 radical (unpaired) electrons. The van der Waals surface area contributed by atoms with Crippen molar-refractivity contribution in [2.75, 3.05) is 6.54 Å². The molecule has 0 aliphatic heterocycles. The molecule has 0 amide bonds. The summed E-state index contributed by atoms with van der Waals surface area (Å²) in [6.45, 7) is 9.88. The third-order valence-electron chi connectivity index (χ3n) is 3.23. The van der Waals surface area contributed by atoms with Gasteiger partial charge in [0.2, 0.25) is 0 Å². The van der Waals surface area contributed by atoms with Crippen molar-refractivity contribution in [3.63, 3.8) is 0 Å². The van der Waals surface area contributed by atoms with Crippen molar-refractivity contribution in [3.05, 3.63) is 34.9 Å². The highest BCUT2D eigenvalue weighted by atomic mass is 14.9. The third kappa shape index (κ3) is 4.36. The normalized spacial score (nSPS) is 12.8. The fraction of sp³-hybridized carbons (Fsp3) is 0.600. The Morgan fingerprint density at radius 3 is 2.56 bits per heavy atom. The Kier molecular flexibility index (Phi) is 5.54. The van der Waals surface area contributed by atoms with E-state index in [4.69, 9.17) is 0 Å². The van der Waals surface area contributed by atoms with Gasteiger partial charge in [0.1, 0.15) is 0 Å². The van der Waals surface area contributed by atoms with Gasteiger partial charge < -0.3 is 5.32 Å². The quantitative estimate of drug-likeness (QED) is 0.770. The first-order valence-corrected chi connectivity index (χ1v) is 6.43. The van der Waals surface area contributed by atoms with Crippen LogP contribution in [-0.4, -0.2) is 12.6 Å². The van der Waals surface area contributed by atoms with Gasteiger partial charge in [-0.3, -0.25) is 0 Å². The lowest BCUT2D eigenvalue weighted by Gasteiger charge is -2.12. The number of nitrogens with one attached hydrogen (secondary N) is 1. The maximum atomic E-state index is 3.45. The Labute approximate surface area is 100 Å². The summed E-state index contributed by atoms with van der Waals surface area (Å²) in [5.41, 5.74) is 4.29. The fourth-order valence-electron chi connectivity index (χ4n) is 2.02. The zero-order chi connectivity index (χ0) is 12.0. The average Bonchev–Trinajstić information content (AvgIpc) is 2.24. The second kappa shape index (κ2) is 6.70. The minimum absolute atomic E-state index is 0.650. The Morgan fingerprint density at radius 1 is 1.19 bits per heavy atom. The van der Waals surface area contributed by atoms with Gasteiger partial charge in [0.15, 0.2) is 0 Å². The molecule has 1 rings (SSSR count). The first-order valence-electron chi connectivity index (χ1n) is 6.43. The SMILES string of the molecule is CCNC(C)CCCc1ccc(C)c(C)c1. The van der Waals surface area contributed by atoms with Gasteiger partial charge in [-0.25, -0.2) is 0 Å². The van der Waals surface area contributed by atoms with E-state index in [9.17, 15) is 0 Å². The van der Waals surface area contributed by atoms with E-state index in [-0.39, 0.29) is 0 Å². The zero-order valence-electron chi connectivity index (χ0n) is 11.1. The van der Waals surface area contributed by atoms with Crippen molar-refractivity contribution in [2.24, 2.45) is 0 Å². The van der Waals surface area contributed by atoms with E-state index in [0.29, 0.717) is 6.04 Å². The summed E-state index contributed by atoms with van der Waals surface area (Å²) in [5.74, 6) is 0. The van der Waals surface area contributed by atoms with Crippen LogP contribution in [0.15, 0.2) is 18.2 Å². The van der Waals surface area contributed by atoms with E-state index in [1.54, 1.807) is 0 Å². The lowest BCUT2D eigenvalue weighted by atomic mass is 10.0. The molecule has 0 bridgehead atoms. The van der Waals surface area contributed by atoms with Gasteiger partial charge in [0.05, 0.1) is 0 Å². The summed E-state index contributed by atoms with van der Waals surface area (Å²) in [4.78, 5) is 0. The predicted octanol–water partition coefficient (Wildman–Crippen LogP) is 3.62. The molecule has 0 saturated carbocycles. The lowest BCUT2D eigenvalue weighted by Crippen LogP contribution is -2.25. The maximum Gasteiger partial charge on any atom is 0.00387 e. The topological polar surface area (TPSA) is 12.0 Å². The fourth-order valence-corrected chi connectivity index (χ4v) is 2.02. The molecule has 0 aliphatic carbocycles. The number of aryl methyl sites for hydroxylation is 3. The standard InChI is InChI=1S/C15H25N/c1-5-16-14(4)7-6-8-15-10-9-12(2)13(3)11-15/h9-11,14,16H,5-8H2,1-4H3. The van der Waals surface area contributed by atoms with Crippen LogP contribution in [0.1, 0.15) is 43.4 Å². The molecule has 0 saturated heterocycles. The predicted molar refractivity (Wildman–Crippen MR) is 72.0 cm³/mol. The molecule has 1 N–H and O–H groups in total. The highest BCUT2D eigenvalue weighted by Gasteiger charge is 2.01. The first-order chi connectivity index (χ1) is 7.63. The maximum absolute atomic E-state index is 3.45. The van der Waals surface area contributed by atoms with Crippen LogP contribution in [0.2, 0.25) is 0 Å². The van der Waals surface area contributed by atoms with E-state index in [1.165, 1.54) is 36.0 Å². The van der Waals surface area contributed by atoms with Crippen molar-refractivity contribution in [2.45, 2.75) is 53.0 Å². The Morgan fingerprint density at radius 2 is 1.94 bits per heavy atom. The van der Waals surface area contributed by atoms with Crippen molar-refractivity contribution >= 4 is 0 Å². The molecule has 1 nitrogen and oxygen atoms in total. The highest BCUT2D eigenvalue weighted by molar-refractivity contribution is 5.29. The molecule has 1 aromatic carbocycles. The number of benzene rings is 1. The van der Waals surface area contributed by atoms with Gasteiger partial charge in [-0.2, -0.15) is 0 Å². The molecule has 1 atom stereocenters. The van der Waals surface area contributed by atoms with Gasteiger partial charge >= 0.3 is 0 Å². The molecule has 0 aliphatic rings. The highest BCUT2D eigenvalue weighted by Crippen LogP contribution is 2.12. The van der Waals surface area contributed by atoms with Gasteiger partial charge in [-0.1, -0.05) is 25.1 Å². The van der Waals surface area contributed by atoms with Crippen molar-refractivity contribution in [1.29, 1.82) is 0 Å². The molecule has 90 valence electrons. The van der Waals surface area contributed by atoms with Crippen LogP contribution in [0.3, 0.4) is 0 Å². The molecule has 1 unspecified atom stereocenters. The minimum atomic E-state index is 0.650. The summed E-state index contributed by atoms with van der Waals surface area (Å²) in [5, 5.41) is 3.45. The summed E-state index contributed by atoms with van der Waals surface area (Å²) in [6.07, 6.45) is 3.74. The van der Waals surface area contributed by atoms with Gasteiger partial charge in [0, 0.05) is 6.04 Å². The van der Waals surface area contributed by atoms with Gasteiger partial charge in [0.25, 0.3) is 0 Å². The van der Waals surface area contributed by atoms with Crippen molar-refractivity contribution < 1.29 is 0 Å². The molecular weight excluding hydrogens is 194 g/mol. The van der Waals surface area contributed by atoms with Crippen LogP contribution < -0.4 is 5.32 Å². The van der Waals surface area contributed by atoms with Crippen LogP contribution in [-0.2, 0) is 6.42 Å². The molecule has 1 aromatic rings. The minimum Gasteiger partial charge on any atom is -0.315 e. The Balaban J connectivity index is 2.34. The second-order valence-corrected chi connectivity index (χ2v) is 4.77. The van der Waals surface area contributed by atoms with E-state index in [1.807, 2.05) is 0 Å². The molecule has 0 spiro atoms. The van der Waals surface area contributed by atoms with Crippen LogP contribution in [0, 0.1) is 13.8 Å². The average molecular weight is 219 g/mol. The van der Waals surface area contributed by atoms with Crippen LogP contribution >= 0.6 is 0 Å². The van der Waals surface area contributed by atoms with Gasteiger partial charge in [-0.15, -0.1) is 0 Å². The lowest BCUT2D eigenvalue weighted by molar-refractivity contribution is 0.512. The van der Waals surface area contributed by atoms with Crippen molar-refractivity contribution in [3.8, 4) is 0 Å². The van der Waals surface area contributed by atoms with E-state index in [2.05, 4.69) is 51.2 Å². The summed E-state index contributed by atoms with van der Waals surface area (Å²) >= 11 is 0. The summed E-state index contributed by atoms with van der Waals surface area (Å²) < 4.78 is 0. The third-order valence-corrected chi connectivity index (χ3v) is 3.23.